The average molecular weight is 328 g/mol. The number of pyridine rings is 2. The van der Waals surface area contributed by atoms with Crippen LogP contribution in [0, 0.1) is 0 Å². The molecule has 3 rings (SSSR count). The van der Waals surface area contributed by atoms with Gasteiger partial charge in [0, 0.05) is 34.1 Å². The largest absolute Gasteiger partial charge is 0.322 e. The van der Waals surface area contributed by atoms with Crippen molar-refractivity contribution in [1.29, 1.82) is 0 Å². The molecule has 0 fully saturated rings. The smallest absolute Gasteiger partial charge is 0.257 e. The van der Waals surface area contributed by atoms with E-state index in [4.69, 9.17) is 0 Å². The van der Waals surface area contributed by atoms with Crippen molar-refractivity contribution >= 4 is 38.4 Å². The van der Waals surface area contributed by atoms with Gasteiger partial charge in [-0.3, -0.25) is 14.8 Å². The van der Waals surface area contributed by atoms with E-state index in [9.17, 15) is 4.79 Å². The van der Waals surface area contributed by atoms with Gasteiger partial charge in [0.15, 0.2) is 0 Å². The molecule has 20 heavy (non-hydrogen) atoms. The molecule has 0 aliphatic rings. The lowest BCUT2D eigenvalue weighted by molar-refractivity contribution is 0.102. The van der Waals surface area contributed by atoms with E-state index in [1.807, 2.05) is 18.2 Å². The topological polar surface area (TPSA) is 54.9 Å². The van der Waals surface area contributed by atoms with Gasteiger partial charge in [0.05, 0.1) is 11.1 Å². The molecule has 3 aromatic rings. The molecule has 0 aliphatic heterocycles. The minimum Gasteiger partial charge on any atom is -0.322 e. The minimum atomic E-state index is -0.188. The third-order valence-corrected chi connectivity index (χ3v) is 3.59. The lowest BCUT2D eigenvalue weighted by Crippen LogP contribution is -2.12. The van der Waals surface area contributed by atoms with Crippen LogP contribution < -0.4 is 5.32 Å². The monoisotopic (exact) mass is 327 g/mol. The molecule has 0 radical (unpaired) electrons. The second kappa shape index (κ2) is 5.38. The van der Waals surface area contributed by atoms with Crippen LogP contribution in [-0.4, -0.2) is 15.9 Å². The van der Waals surface area contributed by atoms with Crippen molar-refractivity contribution in [2.24, 2.45) is 0 Å². The van der Waals surface area contributed by atoms with Crippen LogP contribution in [0.3, 0.4) is 0 Å². The Kier molecular flexibility index (Phi) is 3.43. The zero-order chi connectivity index (χ0) is 13.9. The van der Waals surface area contributed by atoms with Crippen molar-refractivity contribution < 1.29 is 4.79 Å². The maximum Gasteiger partial charge on any atom is 0.257 e. The summed E-state index contributed by atoms with van der Waals surface area (Å²) in [5.74, 6) is -0.188. The van der Waals surface area contributed by atoms with Gasteiger partial charge in [-0.2, -0.15) is 0 Å². The molecule has 0 aliphatic carbocycles. The van der Waals surface area contributed by atoms with Gasteiger partial charge in [0.2, 0.25) is 0 Å². The van der Waals surface area contributed by atoms with E-state index < -0.39 is 0 Å². The summed E-state index contributed by atoms with van der Waals surface area (Å²) in [7, 11) is 0. The molecule has 1 amide bonds. The quantitative estimate of drug-likeness (QED) is 0.781. The Morgan fingerprint density at radius 3 is 2.65 bits per heavy atom. The fourth-order valence-electron chi connectivity index (χ4n) is 1.95. The number of halogens is 1. The van der Waals surface area contributed by atoms with E-state index in [2.05, 4.69) is 31.2 Å². The average Bonchev–Trinajstić information content (AvgIpc) is 2.49. The van der Waals surface area contributed by atoms with Gasteiger partial charge in [0.25, 0.3) is 5.91 Å². The standard InChI is InChI=1S/C15H10BrN3O/c16-13-4-3-12(14-11(13)2-1-7-18-14)15(20)19-10-5-8-17-9-6-10/h1-9H,(H,17,19,20). The van der Waals surface area contributed by atoms with Gasteiger partial charge in [-0.15, -0.1) is 0 Å². The van der Waals surface area contributed by atoms with Crippen LogP contribution in [0.15, 0.2) is 59.5 Å². The Hall–Kier alpha value is -2.27. The number of carbonyl (C=O) groups is 1. The molecule has 0 atom stereocenters. The Bertz CT molecular complexity index is 774. The molecule has 0 spiro atoms. The van der Waals surface area contributed by atoms with Crippen molar-refractivity contribution in [3.8, 4) is 0 Å². The van der Waals surface area contributed by atoms with Gasteiger partial charge in [-0.1, -0.05) is 22.0 Å². The first-order valence-corrected chi connectivity index (χ1v) is 6.79. The van der Waals surface area contributed by atoms with Crippen molar-refractivity contribution in [1.82, 2.24) is 9.97 Å². The molecule has 5 heteroatoms. The van der Waals surface area contributed by atoms with E-state index in [1.165, 1.54) is 0 Å². The number of hydrogen-bond donors (Lipinski definition) is 1. The first-order chi connectivity index (χ1) is 9.75. The summed E-state index contributed by atoms with van der Waals surface area (Å²) in [6, 6.07) is 10.9. The third kappa shape index (κ3) is 2.40. The number of anilines is 1. The maximum atomic E-state index is 12.4. The van der Waals surface area contributed by atoms with E-state index in [-0.39, 0.29) is 5.91 Å². The van der Waals surface area contributed by atoms with Gasteiger partial charge in [-0.05, 0) is 30.3 Å². The lowest BCUT2D eigenvalue weighted by atomic mass is 10.1. The SMILES string of the molecule is O=C(Nc1ccncc1)c1ccc(Br)c2cccnc12. The first-order valence-electron chi connectivity index (χ1n) is 6.00. The Balaban J connectivity index is 2.02. The summed E-state index contributed by atoms with van der Waals surface area (Å²) in [5, 5.41) is 3.75. The van der Waals surface area contributed by atoms with Gasteiger partial charge in [-0.25, -0.2) is 0 Å². The van der Waals surface area contributed by atoms with Crippen molar-refractivity contribution in [3.63, 3.8) is 0 Å². The summed E-state index contributed by atoms with van der Waals surface area (Å²) in [6.45, 7) is 0. The van der Waals surface area contributed by atoms with Crippen molar-refractivity contribution in [2.75, 3.05) is 5.32 Å². The highest BCUT2D eigenvalue weighted by molar-refractivity contribution is 9.10. The maximum absolute atomic E-state index is 12.4. The zero-order valence-electron chi connectivity index (χ0n) is 10.4. The second-order valence-corrected chi connectivity index (χ2v) is 5.04. The molecule has 1 N–H and O–H groups in total. The highest BCUT2D eigenvalue weighted by Gasteiger charge is 2.12. The Labute approximate surface area is 124 Å². The van der Waals surface area contributed by atoms with E-state index in [1.54, 1.807) is 36.8 Å². The number of rotatable bonds is 2. The van der Waals surface area contributed by atoms with Gasteiger partial charge < -0.3 is 5.32 Å². The minimum absolute atomic E-state index is 0.188. The molecule has 0 saturated carbocycles. The fourth-order valence-corrected chi connectivity index (χ4v) is 2.41. The first kappa shape index (κ1) is 12.7. The summed E-state index contributed by atoms with van der Waals surface area (Å²) < 4.78 is 0.918. The van der Waals surface area contributed by atoms with E-state index >= 15 is 0 Å². The summed E-state index contributed by atoms with van der Waals surface area (Å²) in [5.41, 5.74) is 1.92. The molecular weight excluding hydrogens is 318 g/mol. The number of hydrogen-bond acceptors (Lipinski definition) is 3. The molecule has 98 valence electrons. The molecule has 4 nitrogen and oxygen atoms in total. The molecule has 1 aromatic carbocycles. The third-order valence-electron chi connectivity index (χ3n) is 2.90. The molecule has 0 bridgehead atoms. The van der Waals surface area contributed by atoms with Crippen molar-refractivity contribution in [2.45, 2.75) is 0 Å². The van der Waals surface area contributed by atoms with Crippen LogP contribution in [-0.2, 0) is 0 Å². The summed E-state index contributed by atoms with van der Waals surface area (Å²) in [6.07, 6.45) is 4.94. The molecule has 0 saturated heterocycles. The number of carbonyl (C=O) groups excluding carboxylic acids is 1. The lowest BCUT2D eigenvalue weighted by Gasteiger charge is -2.08. The van der Waals surface area contributed by atoms with Crippen LogP contribution in [0.4, 0.5) is 5.69 Å². The number of amides is 1. The molecule has 2 heterocycles. The number of nitrogens with one attached hydrogen (secondary N) is 1. The molecular formula is C15H10BrN3O. The normalized spacial score (nSPS) is 10.4. The van der Waals surface area contributed by atoms with E-state index in [0.717, 1.165) is 9.86 Å². The number of fused-ring (bicyclic) bond motifs is 1. The predicted octanol–water partition coefficient (Wildman–Crippen LogP) is 3.64. The van der Waals surface area contributed by atoms with E-state index in [0.29, 0.717) is 16.8 Å². The van der Waals surface area contributed by atoms with Crippen LogP contribution in [0.25, 0.3) is 10.9 Å². The highest BCUT2D eigenvalue weighted by Crippen LogP contribution is 2.25. The van der Waals surface area contributed by atoms with Crippen LogP contribution in [0.2, 0.25) is 0 Å². The highest BCUT2D eigenvalue weighted by atomic mass is 79.9. The van der Waals surface area contributed by atoms with Gasteiger partial charge in [0.1, 0.15) is 0 Å². The van der Waals surface area contributed by atoms with Crippen LogP contribution >= 0.6 is 15.9 Å². The second-order valence-electron chi connectivity index (χ2n) is 4.18. The number of benzene rings is 1. The fraction of sp³-hybridized carbons (Fsp3) is 0. The van der Waals surface area contributed by atoms with Crippen LogP contribution in [0.5, 0.6) is 0 Å². The number of aromatic nitrogens is 2. The van der Waals surface area contributed by atoms with Crippen molar-refractivity contribution in [3.05, 3.63) is 65.0 Å². The summed E-state index contributed by atoms with van der Waals surface area (Å²) >= 11 is 3.47. The van der Waals surface area contributed by atoms with Gasteiger partial charge >= 0.3 is 0 Å². The zero-order valence-corrected chi connectivity index (χ0v) is 12.0. The Morgan fingerprint density at radius 1 is 1.05 bits per heavy atom. The molecule has 0 unspecified atom stereocenters. The Morgan fingerprint density at radius 2 is 1.85 bits per heavy atom. The number of nitrogens with zero attached hydrogens (tertiary/aromatic N) is 2. The summed E-state index contributed by atoms with van der Waals surface area (Å²) in [4.78, 5) is 20.6. The van der Waals surface area contributed by atoms with Crippen LogP contribution in [0.1, 0.15) is 10.4 Å². The predicted molar refractivity (Wildman–Crippen MR) is 81.6 cm³/mol. The molecule has 2 aromatic heterocycles.